The Kier molecular flexibility index (Phi) is 2.83. The zero-order valence-electron chi connectivity index (χ0n) is 10.9. The summed E-state index contributed by atoms with van der Waals surface area (Å²) >= 11 is 0. The average Bonchev–Trinajstić information content (AvgIpc) is 2.68. The number of anilines is 1. The van der Waals surface area contributed by atoms with E-state index in [1.54, 1.807) is 11.1 Å². The molecular formula is C15H22N2. The Balaban J connectivity index is 1.97. The van der Waals surface area contributed by atoms with Crippen LogP contribution >= 0.6 is 0 Å². The lowest BCUT2D eigenvalue weighted by molar-refractivity contribution is 0.624. The molecule has 2 nitrogen and oxygen atoms in total. The Morgan fingerprint density at radius 3 is 2.94 bits per heavy atom. The van der Waals surface area contributed by atoms with Gasteiger partial charge in [0.05, 0.1) is 0 Å². The van der Waals surface area contributed by atoms with Gasteiger partial charge in [0.25, 0.3) is 0 Å². The first-order valence-electron chi connectivity index (χ1n) is 6.84. The Labute approximate surface area is 104 Å². The number of nitrogens with zero attached hydrogens (tertiary/aromatic N) is 1. The first-order chi connectivity index (χ1) is 8.25. The van der Waals surface area contributed by atoms with E-state index in [0.717, 1.165) is 19.0 Å². The molecule has 17 heavy (non-hydrogen) atoms. The van der Waals surface area contributed by atoms with Gasteiger partial charge in [0, 0.05) is 24.8 Å². The Bertz CT molecular complexity index is 413. The van der Waals surface area contributed by atoms with Crippen LogP contribution in [-0.2, 0) is 13.0 Å². The van der Waals surface area contributed by atoms with Crippen molar-refractivity contribution in [3.05, 3.63) is 29.3 Å². The minimum Gasteiger partial charge on any atom is -0.368 e. The van der Waals surface area contributed by atoms with Gasteiger partial charge in [-0.15, -0.1) is 0 Å². The maximum atomic E-state index is 3.50. The third-order valence-corrected chi connectivity index (χ3v) is 4.21. The average molecular weight is 230 g/mol. The van der Waals surface area contributed by atoms with E-state index in [4.69, 9.17) is 0 Å². The van der Waals surface area contributed by atoms with Gasteiger partial charge in [0.15, 0.2) is 0 Å². The monoisotopic (exact) mass is 230 g/mol. The number of nitrogens with one attached hydrogen (secondary N) is 1. The number of hydrogen-bond acceptors (Lipinski definition) is 2. The smallest absolute Gasteiger partial charge is 0.0417 e. The van der Waals surface area contributed by atoms with Gasteiger partial charge in [-0.05, 0) is 49.4 Å². The summed E-state index contributed by atoms with van der Waals surface area (Å²) < 4.78 is 0. The van der Waals surface area contributed by atoms with Crippen LogP contribution in [0.1, 0.15) is 31.4 Å². The first-order valence-corrected chi connectivity index (χ1v) is 6.84. The largest absolute Gasteiger partial charge is 0.368 e. The summed E-state index contributed by atoms with van der Waals surface area (Å²) in [6.45, 7) is 8.12. The normalized spacial score (nSPS) is 28.2. The Hall–Kier alpha value is -1.02. The molecule has 2 heterocycles. The molecule has 92 valence electrons. The van der Waals surface area contributed by atoms with Crippen molar-refractivity contribution in [1.29, 1.82) is 0 Å². The van der Waals surface area contributed by atoms with Gasteiger partial charge in [0.1, 0.15) is 0 Å². The molecule has 0 amide bonds. The Morgan fingerprint density at radius 2 is 2.18 bits per heavy atom. The summed E-state index contributed by atoms with van der Waals surface area (Å²) in [5.41, 5.74) is 4.57. The van der Waals surface area contributed by atoms with Gasteiger partial charge < -0.3 is 10.2 Å². The van der Waals surface area contributed by atoms with Gasteiger partial charge in [-0.2, -0.15) is 0 Å². The van der Waals surface area contributed by atoms with Gasteiger partial charge >= 0.3 is 0 Å². The van der Waals surface area contributed by atoms with Crippen molar-refractivity contribution in [2.45, 2.75) is 39.3 Å². The van der Waals surface area contributed by atoms with Crippen molar-refractivity contribution in [1.82, 2.24) is 5.32 Å². The fraction of sp³-hybridized carbons (Fsp3) is 0.600. The van der Waals surface area contributed by atoms with Gasteiger partial charge in [-0.1, -0.05) is 19.1 Å². The number of rotatable bonds is 1. The molecule has 1 fully saturated rings. The van der Waals surface area contributed by atoms with Gasteiger partial charge in [0.2, 0.25) is 0 Å². The van der Waals surface area contributed by atoms with E-state index in [2.05, 4.69) is 42.3 Å². The van der Waals surface area contributed by atoms with E-state index in [-0.39, 0.29) is 0 Å². The zero-order chi connectivity index (χ0) is 11.8. The lowest BCUT2D eigenvalue weighted by atomic mass is 9.98. The molecule has 0 spiro atoms. The van der Waals surface area contributed by atoms with E-state index >= 15 is 0 Å². The predicted octanol–water partition coefficient (Wildman–Crippen LogP) is 2.57. The highest BCUT2D eigenvalue weighted by Gasteiger charge is 2.28. The molecule has 0 aliphatic carbocycles. The van der Waals surface area contributed by atoms with Crippen molar-refractivity contribution in [3.8, 4) is 0 Å². The highest BCUT2D eigenvalue weighted by atomic mass is 15.2. The van der Waals surface area contributed by atoms with Crippen LogP contribution in [0.3, 0.4) is 0 Å². The maximum absolute atomic E-state index is 3.50. The first kappa shape index (κ1) is 11.1. The third-order valence-electron chi connectivity index (χ3n) is 4.21. The molecule has 1 aromatic carbocycles. The van der Waals surface area contributed by atoms with Crippen LogP contribution in [0.4, 0.5) is 5.69 Å². The van der Waals surface area contributed by atoms with Gasteiger partial charge in [-0.3, -0.25) is 0 Å². The minimum atomic E-state index is 0.693. The van der Waals surface area contributed by atoms with E-state index < -0.39 is 0 Å². The fourth-order valence-corrected chi connectivity index (χ4v) is 3.40. The third kappa shape index (κ3) is 1.95. The molecule has 2 heteroatoms. The summed E-state index contributed by atoms with van der Waals surface area (Å²) in [5.74, 6) is 0.831. The van der Waals surface area contributed by atoms with E-state index in [0.29, 0.717) is 6.04 Å². The zero-order valence-corrected chi connectivity index (χ0v) is 10.9. The molecule has 0 radical (unpaired) electrons. The summed E-state index contributed by atoms with van der Waals surface area (Å²) in [6, 6.07) is 7.53. The van der Waals surface area contributed by atoms with Crippen molar-refractivity contribution in [2.24, 2.45) is 5.92 Å². The van der Waals surface area contributed by atoms with Crippen molar-refractivity contribution in [2.75, 3.05) is 18.0 Å². The standard InChI is InChI=1S/C15H22N2/c1-11-8-12(2)17(10-11)15-5-3-4-13-6-7-16-9-14(13)15/h3-5,11-12,16H,6-10H2,1-2H3. The topological polar surface area (TPSA) is 15.3 Å². The molecule has 0 aromatic heterocycles. The summed E-state index contributed by atoms with van der Waals surface area (Å²) in [7, 11) is 0. The van der Waals surface area contributed by atoms with Crippen LogP contribution in [0.15, 0.2) is 18.2 Å². The second-order valence-corrected chi connectivity index (χ2v) is 5.68. The van der Waals surface area contributed by atoms with Crippen LogP contribution in [-0.4, -0.2) is 19.1 Å². The fourth-order valence-electron chi connectivity index (χ4n) is 3.40. The van der Waals surface area contributed by atoms with Crippen LogP contribution in [0.5, 0.6) is 0 Å². The van der Waals surface area contributed by atoms with E-state index in [9.17, 15) is 0 Å². The highest BCUT2D eigenvalue weighted by molar-refractivity contribution is 5.59. The second kappa shape index (κ2) is 4.34. The molecule has 2 atom stereocenters. The van der Waals surface area contributed by atoms with Gasteiger partial charge in [-0.25, -0.2) is 0 Å². The number of fused-ring (bicyclic) bond motifs is 1. The quantitative estimate of drug-likeness (QED) is 0.797. The minimum absolute atomic E-state index is 0.693. The lowest BCUT2D eigenvalue weighted by Gasteiger charge is -2.29. The molecule has 3 rings (SSSR count). The maximum Gasteiger partial charge on any atom is 0.0417 e. The summed E-state index contributed by atoms with van der Waals surface area (Å²) in [5, 5.41) is 3.50. The molecule has 0 bridgehead atoms. The molecular weight excluding hydrogens is 208 g/mol. The molecule has 2 aliphatic heterocycles. The lowest BCUT2D eigenvalue weighted by Crippen LogP contribution is -2.31. The number of benzene rings is 1. The van der Waals surface area contributed by atoms with Crippen LogP contribution in [0.25, 0.3) is 0 Å². The highest BCUT2D eigenvalue weighted by Crippen LogP contribution is 2.33. The van der Waals surface area contributed by atoms with Crippen molar-refractivity contribution in [3.63, 3.8) is 0 Å². The number of hydrogen-bond donors (Lipinski definition) is 1. The molecule has 2 unspecified atom stereocenters. The van der Waals surface area contributed by atoms with E-state index in [1.165, 1.54) is 25.1 Å². The molecule has 2 aliphatic rings. The van der Waals surface area contributed by atoms with Crippen molar-refractivity contribution >= 4 is 5.69 Å². The molecule has 1 saturated heterocycles. The summed E-state index contributed by atoms with van der Waals surface area (Å²) in [6.07, 6.45) is 2.51. The van der Waals surface area contributed by atoms with Crippen LogP contribution < -0.4 is 10.2 Å². The predicted molar refractivity (Wildman–Crippen MR) is 72.4 cm³/mol. The summed E-state index contributed by atoms with van der Waals surface area (Å²) in [4.78, 5) is 2.61. The SMILES string of the molecule is CC1CC(C)N(c2cccc3c2CNCC3)C1. The van der Waals surface area contributed by atoms with Crippen LogP contribution in [0, 0.1) is 5.92 Å². The second-order valence-electron chi connectivity index (χ2n) is 5.68. The van der Waals surface area contributed by atoms with E-state index in [1.807, 2.05) is 0 Å². The van der Waals surface area contributed by atoms with Crippen LogP contribution in [0.2, 0.25) is 0 Å². The molecule has 1 N–H and O–H groups in total. The Morgan fingerprint density at radius 1 is 1.29 bits per heavy atom. The molecule has 1 aromatic rings. The van der Waals surface area contributed by atoms with Crippen molar-refractivity contribution < 1.29 is 0 Å². The molecule has 0 saturated carbocycles.